The summed E-state index contributed by atoms with van der Waals surface area (Å²) >= 11 is 0. The quantitative estimate of drug-likeness (QED) is 0.725. The highest BCUT2D eigenvalue weighted by atomic mass is 15.3. The summed E-state index contributed by atoms with van der Waals surface area (Å²) in [4.78, 5) is 4.47. The molecule has 1 heterocycles. The van der Waals surface area contributed by atoms with Gasteiger partial charge < -0.3 is 5.32 Å². The monoisotopic (exact) mass is 196 g/mol. The van der Waals surface area contributed by atoms with Gasteiger partial charge in [0, 0.05) is 13.0 Å². The van der Waals surface area contributed by atoms with Crippen LogP contribution in [0.4, 0.5) is 0 Å². The molecule has 0 aromatic carbocycles. The van der Waals surface area contributed by atoms with Gasteiger partial charge in [0.1, 0.15) is 5.82 Å². The van der Waals surface area contributed by atoms with Gasteiger partial charge in [-0.15, -0.1) is 0 Å². The summed E-state index contributed by atoms with van der Waals surface area (Å²) in [5, 5.41) is 7.68. The molecule has 4 nitrogen and oxygen atoms in total. The third-order valence-corrected chi connectivity index (χ3v) is 2.10. The number of rotatable bonds is 5. The Balaban J connectivity index is 2.58. The number of aryl methyl sites for hydroxylation is 1. The van der Waals surface area contributed by atoms with E-state index in [1.165, 1.54) is 0 Å². The third kappa shape index (κ3) is 2.80. The lowest BCUT2D eigenvalue weighted by molar-refractivity contribution is 0.608. The lowest BCUT2D eigenvalue weighted by Gasteiger charge is -2.00. The molecule has 0 saturated carbocycles. The van der Waals surface area contributed by atoms with Gasteiger partial charge in [0.25, 0.3) is 0 Å². The Morgan fingerprint density at radius 1 is 1.43 bits per heavy atom. The summed E-state index contributed by atoms with van der Waals surface area (Å²) in [6.07, 6.45) is 1.15. The predicted molar refractivity (Wildman–Crippen MR) is 57.1 cm³/mol. The van der Waals surface area contributed by atoms with E-state index in [1.54, 1.807) is 0 Å². The molecule has 0 atom stereocenters. The molecule has 0 aliphatic carbocycles. The fraction of sp³-hybridized carbons (Fsp3) is 0.800. The van der Waals surface area contributed by atoms with E-state index in [1.807, 2.05) is 11.7 Å². The van der Waals surface area contributed by atoms with Crippen molar-refractivity contribution < 1.29 is 0 Å². The van der Waals surface area contributed by atoms with Gasteiger partial charge in [0.15, 0.2) is 5.82 Å². The number of aromatic nitrogens is 3. The lowest BCUT2D eigenvalue weighted by atomic mass is 10.2. The fourth-order valence-corrected chi connectivity index (χ4v) is 1.21. The molecule has 0 radical (unpaired) electrons. The van der Waals surface area contributed by atoms with Gasteiger partial charge in [-0.3, -0.25) is 4.68 Å². The number of nitrogens with zero attached hydrogens (tertiary/aromatic N) is 3. The van der Waals surface area contributed by atoms with E-state index in [2.05, 4.69) is 36.2 Å². The van der Waals surface area contributed by atoms with Crippen molar-refractivity contribution in [2.45, 2.75) is 39.7 Å². The molecular formula is C10H20N4. The molecule has 1 aromatic heterocycles. The van der Waals surface area contributed by atoms with Crippen molar-refractivity contribution in [2.75, 3.05) is 6.54 Å². The molecule has 4 heteroatoms. The van der Waals surface area contributed by atoms with Crippen molar-refractivity contribution in [1.29, 1.82) is 0 Å². The van der Waals surface area contributed by atoms with Gasteiger partial charge in [0.05, 0.1) is 6.54 Å². The lowest BCUT2D eigenvalue weighted by Crippen LogP contribution is -2.17. The molecule has 0 aliphatic heterocycles. The molecule has 1 N–H and O–H groups in total. The zero-order chi connectivity index (χ0) is 10.6. The van der Waals surface area contributed by atoms with E-state index in [0.29, 0.717) is 5.92 Å². The summed E-state index contributed by atoms with van der Waals surface area (Å²) in [5.41, 5.74) is 0. The Bertz CT molecular complexity index is 278. The van der Waals surface area contributed by atoms with Crippen LogP contribution in [0, 0.1) is 0 Å². The Kier molecular flexibility index (Phi) is 4.07. The van der Waals surface area contributed by atoms with E-state index >= 15 is 0 Å². The smallest absolute Gasteiger partial charge is 0.153 e. The Morgan fingerprint density at radius 3 is 2.64 bits per heavy atom. The first kappa shape index (κ1) is 11.2. The summed E-state index contributed by atoms with van der Waals surface area (Å²) in [6, 6.07) is 0. The molecule has 0 unspecified atom stereocenters. The van der Waals surface area contributed by atoms with Gasteiger partial charge in [-0.25, -0.2) is 4.98 Å². The second-order valence-corrected chi connectivity index (χ2v) is 3.84. The standard InChI is InChI=1S/C10H20N4/c1-5-6-11-7-9-12-10(8(2)3)13-14(9)4/h8,11H,5-7H2,1-4H3. The molecule has 80 valence electrons. The maximum absolute atomic E-state index is 4.47. The molecule has 0 aliphatic rings. The maximum Gasteiger partial charge on any atom is 0.153 e. The molecular weight excluding hydrogens is 176 g/mol. The van der Waals surface area contributed by atoms with Crippen LogP contribution in [0.25, 0.3) is 0 Å². The first-order chi connectivity index (χ1) is 6.65. The SMILES string of the molecule is CCCNCc1nc(C(C)C)nn1C. The molecule has 0 bridgehead atoms. The Labute approximate surface area is 85.7 Å². The molecule has 1 aromatic rings. The van der Waals surface area contributed by atoms with Crippen LogP contribution in [0.3, 0.4) is 0 Å². The van der Waals surface area contributed by atoms with Crippen LogP contribution >= 0.6 is 0 Å². The van der Waals surface area contributed by atoms with E-state index in [4.69, 9.17) is 0 Å². The molecule has 0 amide bonds. The van der Waals surface area contributed by atoms with E-state index in [-0.39, 0.29) is 0 Å². The third-order valence-electron chi connectivity index (χ3n) is 2.10. The summed E-state index contributed by atoms with van der Waals surface area (Å²) in [7, 11) is 1.95. The average Bonchev–Trinajstić information content (AvgIpc) is 2.49. The minimum absolute atomic E-state index is 0.404. The maximum atomic E-state index is 4.47. The van der Waals surface area contributed by atoms with Crippen LogP contribution in [0.1, 0.15) is 44.8 Å². The van der Waals surface area contributed by atoms with Crippen LogP contribution < -0.4 is 5.32 Å². The largest absolute Gasteiger partial charge is 0.310 e. The van der Waals surface area contributed by atoms with Gasteiger partial charge in [-0.2, -0.15) is 5.10 Å². The second-order valence-electron chi connectivity index (χ2n) is 3.84. The fourth-order valence-electron chi connectivity index (χ4n) is 1.21. The predicted octanol–water partition coefficient (Wildman–Crippen LogP) is 1.44. The molecule has 0 spiro atoms. The van der Waals surface area contributed by atoms with Crippen molar-refractivity contribution >= 4 is 0 Å². The normalized spacial score (nSPS) is 11.2. The van der Waals surface area contributed by atoms with Crippen LogP contribution in [-0.2, 0) is 13.6 Å². The highest BCUT2D eigenvalue weighted by Crippen LogP contribution is 2.08. The highest BCUT2D eigenvalue weighted by Gasteiger charge is 2.09. The highest BCUT2D eigenvalue weighted by molar-refractivity contribution is 4.96. The Hall–Kier alpha value is -0.900. The topological polar surface area (TPSA) is 42.7 Å². The number of hydrogen-bond acceptors (Lipinski definition) is 3. The van der Waals surface area contributed by atoms with Crippen LogP contribution in [0.5, 0.6) is 0 Å². The average molecular weight is 196 g/mol. The van der Waals surface area contributed by atoms with E-state index in [9.17, 15) is 0 Å². The summed E-state index contributed by atoms with van der Waals surface area (Å²) in [5.74, 6) is 2.35. The molecule has 0 fully saturated rings. The first-order valence-electron chi connectivity index (χ1n) is 5.25. The zero-order valence-corrected chi connectivity index (χ0v) is 9.54. The van der Waals surface area contributed by atoms with Crippen LogP contribution in [0.15, 0.2) is 0 Å². The number of hydrogen-bond donors (Lipinski definition) is 1. The summed E-state index contributed by atoms with van der Waals surface area (Å²) in [6.45, 7) is 8.22. The minimum Gasteiger partial charge on any atom is -0.310 e. The van der Waals surface area contributed by atoms with Crippen LogP contribution in [-0.4, -0.2) is 21.3 Å². The number of nitrogens with one attached hydrogen (secondary N) is 1. The van der Waals surface area contributed by atoms with Crippen molar-refractivity contribution in [3.8, 4) is 0 Å². The molecule has 14 heavy (non-hydrogen) atoms. The molecule has 0 saturated heterocycles. The van der Waals surface area contributed by atoms with E-state index in [0.717, 1.165) is 31.2 Å². The van der Waals surface area contributed by atoms with Crippen molar-refractivity contribution in [3.05, 3.63) is 11.6 Å². The summed E-state index contributed by atoms with van der Waals surface area (Å²) < 4.78 is 1.86. The second kappa shape index (κ2) is 5.10. The van der Waals surface area contributed by atoms with E-state index < -0.39 is 0 Å². The van der Waals surface area contributed by atoms with Crippen molar-refractivity contribution in [3.63, 3.8) is 0 Å². The van der Waals surface area contributed by atoms with Crippen molar-refractivity contribution in [1.82, 2.24) is 20.1 Å². The zero-order valence-electron chi connectivity index (χ0n) is 9.54. The Morgan fingerprint density at radius 2 is 2.14 bits per heavy atom. The van der Waals surface area contributed by atoms with Crippen LogP contribution in [0.2, 0.25) is 0 Å². The van der Waals surface area contributed by atoms with Gasteiger partial charge >= 0.3 is 0 Å². The molecule has 1 rings (SSSR count). The van der Waals surface area contributed by atoms with Gasteiger partial charge in [-0.05, 0) is 13.0 Å². The van der Waals surface area contributed by atoms with Gasteiger partial charge in [0.2, 0.25) is 0 Å². The minimum atomic E-state index is 0.404. The van der Waals surface area contributed by atoms with Crippen molar-refractivity contribution in [2.24, 2.45) is 7.05 Å². The first-order valence-corrected chi connectivity index (χ1v) is 5.25. The van der Waals surface area contributed by atoms with Gasteiger partial charge in [-0.1, -0.05) is 20.8 Å².